The molecule has 0 saturated heterocycles. The standard InChI is InChI=1S/C13H23N3O2/c1-10(2)9-17-8-7-14-13(5-4-6-13)12-15-11(3)18-16-12/h10,14H,4-9H2,1-3H3. The maximum Gasteiger partial charge on any atom is 0.223 e. The highest BCUT2D eigenvalue weighted by molar-refractivity contribution is 5.10. The summed E-state index contributed by atoms with van der Waals surface area (Å²) < 4.78 is 10.6. The van der Waals surface area contributed by atoms with Crippen LogP contribution in [0.3, 0.4) is 0 Å². The molecule has 1 aromatic heterocycles. The van der Waals surface area contributed by atoms with Gasteiger partial charge in [-0.15, -0.1) is 0 Å². The minimum atomic E-state index is -0.0705. The third-order valence-corrected chi connectivity index (χ3v) is 3.32. The SMILES string of the molecule is Cc1nc(C2(NCCOCC(C)C)CCC2)no1. The van der Waals surface area contributed by atoms with Crippen LogP contribution in [0.5, 0.6) is 0 Å². The van der Waals surface area contributed by atoms with Crippen LogP contribution in [0.1, 0.15) is 44.8 Å². The van der Waals surface area contributed by atoms with Gasteiger partial charge in [-0.3, -0.25) is 0 Å². The molecule has 1 aromatic rings. The smallest absolute Gasteiger partial charge is 0.223 e. The van der Waals surface area contributed by atoms with Gasteiger partial charge in [0.2, 0.25) is 5.89 Å². The fourth-order valence-corrected chi connectivity index (χ4v) is 2.18. The molecule has 0 amide bonds. The zero-order valence-corrected chi connectivity index (χ0v) is 11.5. The van der Waals surface area contributed by atoms with Crippen molar-refractivity contribution in [3.8, 4) is 0 Å². The maximum atomic E-state index is 5.57. The van der Waals surface area contributed by atoms with Gasteiger partial charge in [0, 0.05) is 20.1 Å². The van der Waals surface area contributed by atoms with Crippen molar-refractivity contribution in [1.29, 1.82) is 0 Å². The Morgan fingerprint density at radius 2 is 2.22 bits per heavy atom. The number of nitrogens with one attached hydrogen (secondary N) is 1. The van der Waals surface area contributed by atoms with Crippen LogP contribution in [0.15, 0.2) is 4.52 Å². The summed E-state index contributed by atoms with van der Waals surface area (Å²) in [6.07, 6.45) is 3.37. The van der Waals surface area contributed by atoms with Gasteiger partial charge >= 0.3 is 0 Å². The van der Waals surface area contributed by atoms with Gasteiger partial charge in [-0.05, 0) is 25.2 Å². The van der Waals surface area contributed by atoms with Crippen LogP contribution in [-0.2, 0) is 10.3 Å². The highest BCUT2D eigenvalue weighted by Gasteiger charge is 2.42. The Kier molecular flexibility index (Phi) is 4.35. The summed E-state index contributed by atoms with van der Waals surface area (Å²) in [4.78, 5) is 4.35. The zero-order valence-electron chi connectivity index (χ0n) is 11.5. The normalized spacial score (nSPS) is 18.0. The molecular formula is C13H23N3O2. The van der Waals surface area contributed by atoms with Gasteiger partial charge in [-0.1, -0.05) is 19.0 Å². The number of ether oxygens (including phenoxy) is 1. The summed E-state index contributed by atoms with van der Waals surface area (Å²) >= 11 is 0. The lowest BCUT2D eigenvalue weighted by Crippen LogP contribution is -2.50. The Balaban J connectivity index is 1.79. The van der Waals surface area contributed by atoms with E-state index in [0.29, 0.717) is 11.8 Å². The number of hydrogen-bond acceptors (Lipinski definition) is 5. The second kappa shape index (κ2) is 5.80. The minimum Gasteiger partial charge on any atom is -0.380 e. The first-order valence-corrected chi connectivity index (χ1v) is 6.76. The van der Waals surface area contributed by atoms with E-state index >= 15 is 0 Å². The lowest BCUT2D eigenvalue weighted by molar-refractivity contribution is 0.0909. The summed E-state index contributed by atoms with van der Waals surface area (Å²) in [5.74, 6) is 2.02. The molecule has 0 spiro atoms. The third kappa shape index (κ3) is 3.09. The van der Waals surface area contributed by atoms with Crippen LogP contribution in [-0.4, -0.2) is 29.9 Å². The van der Waals surface area contributed by atoms with E-state index in [1.807, 2.05) is 6.92 Å². The third-order valence-electron chi connectivity index (χ3n) is 3.32. The van der Waals surface area contributed by atoms with E-state index in [2.05, 4.69) is 29.3 Å². The average molecular weight is 253 g/mol. The van der Waals surface area contributed by atoms with E-state index in [1.54, 1.807) is 0 Å². The van der Waals surface area contributed by atoms with Crippen LogP contribution in [0, 0.1) is 12.8 Å². The Labute approximate surface area is 108 Å². The monoisotopic (exact) mass is 253 g/mol. The van der Waals surface area contributed by atoms with Gasteiger partial charge in [0.1, 0.15) is 0 Å². The van der Waals surface area contributed by atoms with Crippen molar-refractivity contribution in [2.75, 3.05) is 19.8 Å². The lowest BCUT2D eigenvalue weighted by atomic mass is 9.76. The van der Waals surface area contributed by atoms with Crippen molar-refractivity contribution < 1.29 is 9.26 Å². The molecule has 0 atom stereocenters. The van der Waals surface area contributed by atoms with E-state index in [1.165, 1.54) is 6.42 Å². The van der Waals surface area contributed by atoms with Crippen molar-refractivity contribution in [3.63, 3.8) is 0 Å². The molecule has 5 nitrogen and oxygen atoms in total. The zero-order chi connectivity index (χ0) is 13.0. The quantitative estimate of drug-likeness (QED) is 0.753. The number of aryl methyl sites for hydroxylation is 1. The van der Waals surface area contributed by atoms with Crippen molar-refractivity contribution in [3.05, 3.63) is 11.7 Å². The largest absolute Gasteiger partial charge is 0.380 e. The van der Waals surface area contributed by atoms with E-state index in [0.717, 1.165) is 38.4 Å². The molecule has 102 valence electrons. The first-order chi connectivity index (χ1) is 8.62. The molecule has 18 heavy (non-hydrogen) atoms. The van der Waals surface area contributed by atoms with Crippen molar-refractivity contribution in [2.24, 2.45) is 5.92 Å². The fraction of sp³-hybridized carbons (Fsp3) is 0.846. The average Bonchev–Trinajstić information content (AvgIpc) is 2.67. The Morgan fingerprint density at radius 1 is 1.44 bits per heavy atom. The molecule has 1 fully saturated rings. The molecule has 0 aromatic carbocycles. The maximum absolute atomic E-state index is 5.57. The minimum absolute atomic E-state index is 0.0705. The van der Waals surface area contributed by atoms with Gasteiger partial charge in [0.15, 0.2) is 5.82 Å². The number of hydrogen-bond donors (Lipinski definition) is 1. The summed E-state index contributed by atoms with van der Waals surface area (Å²) in [5, 5.41) is 7.57. The Hall–Kier alpha value is -0.940. The molecule has 1 aliphatic rings. The van der Waals surface area contributed by atoms with Gasteiger partial charge in [0.25, 0.3) is 0 Å². The summed E-state index contributed by atoms with van der Waals surface area (Å²) in [7, 11) is 0. The molecule has 0 aliphatic heterocycles. The topological polar surface area (TPSA) is 60.2 Å². The van der Waals surface area contributed by atoms with E-state index < -0.39 is 0 Å². The van der Waals surface area contributed by atoms with E-state index in [9.17, 15) is 0 Å². The number of rotatable bonds is 7. The van der Waals surface area contributed by atoms with Gasteiger partial charge < -0.3 is 14.6 Å². The molecule has 0 radical (unpaired) electrons. The van der Waals surface area contributed by atoms with Gasteiger partial charge in [-0.2, -0.15) is 4.98 Å². The second-order valence-corrected chi connectivity index (χ2v) is 5.47. The summed E-state index contributed by atoms with van der Waals surface area (Å²) in [6, 6.07) is 0. The van der Waals surface area contributed by atoms with Crippen molar-refractivity contribution in [2.45, 2.75) is 45.6 Å². The first kappa shape index (κ1) is 13.5. The highest BCUT2D eigenvalue weighted by atomic mass is 16.5. The van der Waals surface area contributed by atoms with Crippen molar-refractivity contribution >= 4 is 0 Å². The van der Waals surface area contributed by atoms with Gasteiger partial charge in [-0.25, -0.2) is 0 Å². The molecule has 0 unspecified atom stereocenters. The number of aromatic nitrogens is 2. The molecule has 1 N–H and O–H groups in total. The van der Waals surface area contributed by atoms with Gasteiger partial charge in [0.05, 0.1) is 12.1 Å². The van der Waals surface area contributed by atoms with Crippen LogP contribution in [0.2, 0.25) is 0 Å². The molecule has 1 aliphatic carbocycles. The van der Waals surface area contributed by atoms with Crippen LogP contribution < -0.4 is 5.32 Å². The lowest BCUT2D eigenvalue weighted by Gasteiger charge is -2.39. The Bertz CT molecular complexity index is 372. The fourth-order valence-electron chi connectivity index (χ4n) is 2.18. The summed E-state index contributed by atoms with van der Waals surface area (Å²) in [6.45, 7) is 8.52. The first-order valence-electron chi connectivity index (χ1n) is 6.76. The molecule has 2 rings (SSSR count). The predicted molar refractivity (Wildman–Crippen MR) is 68.2 cm³/mol. The molecule has 1 heterocycles. The predicted octanol–water partition coefficient (Wildman–Crippen LogP) is 2.02. The molecule has 5 heteroatoms. The highest BCUT2D eigenvalue weighted by Crippen LogP contribution is 2.39. The molecule has 1 saturated carbocycles. The van der Waals surface area contributed by atoms with E-state index in [4.69, 9.17) is 9.26 Å². The van der Waals surface area contributed by atoms with Crippen LogP contribution in [0.25, 0.3) is 0 Å². The second-order valence-electron chi connectivity index (χ2n) is 5.47. The summed E-state index contributed by atoms with van der Waals surface area (Å²) in [5.41, 5.74) is -0.0705. The Morgan fingerprint density at radius 3 is 2.72 bits per heavy atom. The molecular weight excluding hydrogens is 230 g/mol. The number of nitrogens with zero attached hydrogens (tertiary/aromatic N) is 2. The van der Waals surface area contributed by atoms with Crippen molar-refractivity contribution in [1.82, 2.24) is 15.5 Å². The van der Waals surface area contributed by atoms with E-state index in [-0.39, 0.29) is 5.54 Å². The van der Waals surface area contributed by atoms with Crippen LogP contribution >= 0.6 is 0 Å². The molecule has 0 bridgehead atoms. The van der Waals surface area contributed by atoms with Crippen LogP contribution in [0.4, 0.5) is 0 Å².